The fourth-order valence-electron chi connectivity index (χ4n) is 3.90. The van der Waals surface area contributed by atoms with Crippen molar-refractivity contribution >= 4 is 28.2 Å². The number of anilines is 3. The summed E-state index contributed by atoms with van der Waals surface area (Å²) in [5.41, 5.74) is 2.11. The molecular formula is C25H28FN3O4S. The zero-order valence-corrected chi connectivity index (χ0v) is 20.4. The number of halogens is 1. The Morgan fingerprint density at radius 1 is 1.15 bits per heavy atom. The lowest BCUT2D eigenvalue weighted by Crippen LogP contribution is -2.23. The molecule has 3 atom stereocenters. The van der Waals surface area contributed by atoms with Crippen molar-refractivity contribution in [2.24, 2.45) is 7.05 Å². The van der Waals surface area contributed by atoms with Crippen LogP contribution in [0.2, 0.25) is 0 Å². The van der Waals surface area contributed by atoms with Crippen molar-refractivity contribution in [2.45, 2.75) is 30.9 Å². The van der Waals surface area contributed by atoms with E-state index in [9.17, 15) is 13.4 Å². The van der Waals surface area contributed by atoms with Gasteiger partial charge < -0.3 is 14.8 Å². The monoisotopic (exact) mass is 485 g/mol. The molecule has 0 bridgehead atoms. The zero-order valence-electron chi connectivity index (χ0n) is 19.6. The van der Waals surface area contributed by atoms with Gasteiger partial charge in [0.15, 0.2) is 5.75 Å². The average molecular weight is 486 g/mol. The molecule has 2 N–H and O–H groups in total. The molecule has 3 aromatic rings. The molecule has 0 radical (unpaired) electrons. The number of benzene rings is 2. The molecule has 0 amide bonds. The van der Waals surface area contributed by atoms with E-state index >= 15 is 0 Å². The molecular weight excluding hydrogens is 457 g/mol. The molecule has 0 saturated heterocycles. The summed E-state index contributed by atoms with van der Waals surface area (Å²) in [5.74, 6) is 0.922. The van der Waals surface area contributed by atoms with Gasteiger partial charge in [0.1, 0.15) is 34.1 Å². The van der Waals surface area contributed by atoms with E-state index in [4.69, 9.17) is 9.47 Å². The fraction of sp³-hybridized carbons (Fsp3) is 0.320. The van der Waals surface area contributed by atoms with Crippen molar-refractivity contribution in [3.05, 3.63) is 75.8 Å². The Balaban J connectivity index is 1.63. The van der Waals surface area contributed by atoms with E-state index in [0.717, 1.165) is 23.3 Å². The van der Waals surface area contributed by atoms with Crippen LogP contribution < -0.4 is 25.1 Å². The first-order valence-electron chi connectivity index (χ1n) is 11.0. The maximum Gasteiger partial charge on any atom is 0.255 e. The molecule has 3 unspecified atom stereocenters. The molecule has 1 aromatic heterocycles. The van der Waals surface area contributed by atoms with Crippen molar-refractivity contribution in [3.8, 4) is 11.5 Å². The predicted molar refractivity (Wildman–Crippen MR) is 133 cm³/mol. The van der Waals surface area contributed by atoms with Gasteiger partial charge in [-0.1, -0.05) is 25.1 Å². The second kappa shape index (κ2) is 9.89. The highest BCUT2D eigenvalue weighted by atomic mass is 32.2. The van der Waals surface area contributed by atoms with E-state index in [2.05, 4.69) is 10.0 Å². The number of rotatable bonds is 9. The number of nitrogens with zero attached hydrogens (tertiary/aromatic N) is 1. The molecule has 9 heteroatoms. The van der Waals surface area contributed by atoms with Crippen molar-refractivity contribution in [1.82, 2.24) is 4.57 Å². The summed E-state index contributed by atoms with van der Waals surface area (Å²) >= 11 is 0. The number of pyridine rings is 1. The number of hydrogen-bond acceptors (Lipinski definition) is 5. The Morgan fingerprint density at radius 3 is 2.62 bits per heavy atom. The summed E-state index contributed by atoms with van der Waals surface area (Å²) in [5, 5.41) is 2.87. The van der Waals surface area contributed by atoms with Gasteiger partial charge in [0, 0.05) is 19.0 Å². The van der Waals surface area contributed by atoms with E-state index in [1.165, 1.54) is 23.8 Å². The van der Waals surface area contributed by atoms with Crippen molar-refractivity contribution in [2.75, 3.05) is 24.3 Å². The lowest BCUT2D eigenvalue weighted by molar-refractivity contribution is 0.414. The van der Waals surface area contributed by atoms with Crippen LogP contribution in [0.5, 0.6) is 11.5 Å². The van der Waals surface area contributed by atoms with E-state index in [1.807, 2.05) is 37.3 Å². The molecule has 180 valence electrons. The fourth-order valence-corrected chi connectivity index (χ4v) is 5.28. The highest BCUT2D eigenvalue weighted by molar-refractivity contribution is 7.87. The highest BCUT2D eigenvalue weighted by Gasteiger charge is 2.44. The van der Waals surface area contributed by atoms with Gasteiger partial charge in [-0.2, -0.15) is 0 Å². The first-order chi connectivity index (χ1) is 16.4. The average Bonchev–Trinajstić information content (AvgIpc) is 3.65. The van der Waals surface area contributed by atoms with Gasteiger partial charge in [-0.25, -0.2) is 8.60 Å². The molecule has 1 aliphatic rings. The SMILES string of the molecule is CCc1ccc(Nc2c(NS(=O)C3CC3c3cccc(OC)c3)c(OC)cc(=O)n2C)c(F)c1. The van der Waals surface area contributed by atoms with Crippen LogP contribution in [-0.4, -0.2) is 28.2 Å². The Morgan fingerprint density at radius 2 is 1.94 bits per heavy atom. The topological polar surface area (TPSA) is 81.6 Å². The number of hydrogen-bond donors (Lipinski definition) is 2. The molecule has 4 rings (SSSR count). The third kappa shape index (κ3) is 4.79. The first-order valence-corrected chi connectivity index (χ1v) is 12.2. The lowest BCUT2D eigenvalue weighted by Gasteiger charge is -2.20. The summed E-state index contributed by atoms with van der Waals surface area (Å²) in [6, 6.07) is 13.9. The third-order valence-corrected chi connectivity index (χ3v) is 7.53. The molecule has 0 aliphatic heterocycles. The van der Waals surface area contributed by atoms with Gasteiger partial charge in [0.05, 0.1) is 25.2 Å². The van der Waals surface area contributed by atoms with Crippen molar-refractivity contribution in [1.29, 1.82) is 0 Å². The first kappa shape index (κ1) is 23.8. The number of aryl methyl sites for hydroxylation is 1. The van der Waals surface area contributed by atoms with E-state index in [-0.39, 0.29) is 34.0 Å². The van der Waals surface area contributed by atoms with Gasteiger partial charge in [-0.15, -0.1) is 0 Å². The quantitative estimate of drug-likeness (QED) is 0.467. The van der Waals surface area contributed by atoms with Gasteiger partial charge in [0.2, 0.25) is 0 Å². The van der Waals surface area contributed by atoms with Crippen LogP contribution >= 0.6 is 0 Å². The summed E-state index contributed by atoms with van der Waals surface area (Å²) < 4.78 is 43.0. The molecule has 2 aromatic carbocycles. The lowest BCUT2D eigenvalue weighted by atomic mass is 10.1. The molecule has 0 spiro atoms. The van der Waals surface area contributed by atoms with Crippen molar-refractivity contribution in [3.63, 3.8) is 0 Å². The Kier molecular flexibility index (Phi) is 6.92. The van der Waals surface area contributed by atoms with E-state index in [0.29, 0.717) is 12.1 Å². The summed E-state index contributed by atoms with van der Waals surface area (Å²) in [6.07, 6.45) is 1.45. The van der Waals surface area contributed by atoms with Crippen LogP contribution in [0.25, 0.3) is 0 Å². The van der Waals surface area contributed by atoms with Gasteiger partial charge in [0.25, 0.3) is 5.56 Å². The Labute approximate surface area is 200 Å². The van der Waals surface area contributed by atoms with Gasteiger partial charge in [-0.3, -0.25) is 14.1 Å². The minimum atomic E-state index is -1.48. The second-order valence-electron chi connectivity index (χ2n) is 8.18. The normalized spacial score (nSPS) is 17.7. The molecule has 7 nitrogen and oxygen atoms in total. The van der Waals surface area contributed by atoms with E-state index in [1.54, 1.807) is 20.2 Å². The number of nitrogens with one attached hydrogen (secondary N) is 2. The maximum absolute atomic E-state index is 14.7. The van der Waals surface area contributed by atoms with Crippen LogP contribution in [0, 0.1) is 5.82 Å². The molecule has 1 saturated carbocycles. The summed E-state index contributed by atoms with van der Waals surface area (Å²) in [4.78, 5) is 12.5. The third-order valence-electron chi connectivity index (χ3n) is 6.05. The van der Waals surface area contributed by atoms with E-state index < -0.39 is 16.8 Å². The molecule has 34 heavy (non-hydrogen) atoms. The van der Waals surface area contributed by atoms with Gasteiger partial charge >= 0.3 is 0 Å². The number of ether oxygens (including phenoxy) is 2. The van der Waals surface area contributed by atoms with Crippen LogP contribution in [0.3, 0.4) is 0 Å². The van der Waals surface area contributed by atoms with Crippen LogP contribution in [0.4, 0.5) is 21.6 Å². The summed E-state index contributed by atoms with van der Waals surface area (Å²) in [6.45, 7) is 1.95. The molecule has 1 heterocycles. The number of methoxy groups -OCH3 is 2. The minimum absolute atomic E-state index is 0.123. The maximum atomic E-state index is 14.7. The Bertz CT molecular complexity index is 1290. The predicted octanol–water partition coefficient (Wildman–Crippen LogP) is 4.48. The van der Waals surface area contributed by atoms with Crippen LogP contribution in [0.1, 0.15) is 30.4 Å². The van der Waals surface area contributed by atoms with Gasteiger partial charge in [-0.05, 0) is 48.2 Å². The number of aromatic nitrogens is 1. The highest BCUT2D eigenvalue weighted by Crippen LogP contribution is 2.46. The van der Waals surface area contributed by atoms with Crippen LogP contribution in [0.15, 0.2) is 53.3 Å². The minimum Gasteiger partial charge on any atom is -0.497 e. The summed E-state index contributed by atoms with van der Waals surface area (Å²) in [7, 11) is 3.13. The standard InChI is InChI=1S/C25H28FN3O4S/c1-5-15-9-10-20(19(26)11-15)27-25-24(21(33-4)14-23(30)29(25)2)28-34(31)22-13-18(22)16-7-6-8-17(12-16)32-3/h6-12,14,18,22,27-28H,5,13H2,1-4H3. The smallest absolute Gasteiger partial charge is 0.255 e. The second-order valence-corrected chi connectivity index (χ2v) is 9.59. The largest absolute Gasteiger partial charge is 0.497 e. The zero-order chi connectivity index (χ0) is 24.4. The molecule has 1 aliphatic carbocycles. The van der Waals surface area contributed by atoms with Crippen LogP contribution in [-0.2, 0) is 24.5 Å². The molecule has 1 fully saturated rings. The van der Waals surface area contributed by atoms with Crippen molar-refractivity contribution < 1.29 is 18.1 Å². The Hall–Kier alpha value is -3.33.